The van der Waals surface area contributed by atoms with Crippen molar-refractivity contribution in [2.45, 2.75) is 57.7 Å². The number of hydrogen-bond donors (Lipinski definition) is 8. The number of carbonyl (C=O) groups is 3. The minimum Gasteiger partial charge on any atom is -0.480 e. The summed E-state index contributed by atoms with van der Waals surface area (Å²) in [6.45, 7) is 4.16. The van der Waals surface area contributed by atoms with Crippen LogP contribution < -0.4 is 27.4 Å². The van der Waals surface area contributed by atoms with Gasteiger partial charge in [-0.1, -0.05) is 13.8 Å². The van der Waals surface area contributed by atoms with Gasteiger partial charge in [0.25, 0.3) is 0 Å². The van der Waals surface area contributed by atoms with Crippen LogP contribution in [-0.2, 0) is 20.8 Å². The highest BCUT2D eigenvalue weighted by atomic mass is 16.4. The molecule has 0 saturated carbocycles. The van der Waals surface area contributed by atoms with Crippen molar-refractivity contribution in [2.75, 3.05) is 6.54 Å². The number of carboxylic acids is 1. The molecule has 1 rings (SSSR count). The van der Waals surface area contributed by atoms with Crippen LogP contribution >= 0.6 is 0 Å². The number of nitrogens with zero attached hydrogens (tertiary/aromatic N) is 1. The SMILES string of the molecule is CC(C)C[C@H](N)C(=O)N[C@@H](Cc1c[nH]cn1)C(=O)N[C@@H](CCCNC(=N)N)C(=O)O. The zero-order chi connectivity index (χ0) is 22.7. The van der Waals surface area contributed by atoms with Gasteiger partial charge < -0.3 is 37.5 Å². The minimum absolute atomic E-state index is 0.0771. The van der Waals surface area contributed by atoms with E-state index in [0.717, 1.165) is 0 Å². The van der Waals surface area contributed by atoms with Crippen LogP contribution in [0.1, 0.15) is 38.8 Å². The second kappa shape index (κ2) is 12.4. The topological polar surface area (TPSA) is 212 Å². The molecule has 0 bridgehead atoms. The van der Waals surface area contributed by atoms with E-state index in [4.69, 9.17) is 16.9 Å². The van der Waals surface area contributed by atoms with Crippen molar-refractivity contribution in [1.82, 2.24) is 25.9 Å². The molecule has 3 atom stereocenters. The van der Waals surface area contributed by atoms with Crippen LogP contribution in [0.15, 0.2) is 12.5 Å². The van der Waals surface area contributed by atoms with E-state index in [1.165, 1.54) is 6.33 Å². The highest BCUT2D eigenvalue weighted by molar-refractivity contribution is 5.91. The first-order valence-corrected chi connectivity index (χ1v) is 9.74. The molecule has 0 saturated heterocycles. The van der Waals surface area contributed by atoms with E-state index >= 15 is 0 Å². The summed E-state index contributed by atoms with van der Waals surface area (Å²) in [6, 6.07) is -2.97. The Morgan fingerprint density at radius 1 is 1.23 bits per heavy atom. The Morgan fingerprint density at radius 2 is 1.90 bits per heavy atom. The Balaban J connectivity index is 2.79. The summed E-state index contributed by atoms with van der Waals surface area (Å²) in [7, 11) is 0. The van der Waals surface area contributed by atoms with Gasteiger partial charge in [-0.25, -0.2) is 9.78 Å². The summed E-state index contributed by atoms with van der Waals surface area (Å²) in [5, 5.41) is 24.1. The molecular formula is C18H32N8O4. The van der Waals surface area contributed by atoms with Gasteiger partial charge in [0.1, 0.15) is 12.1 Å². The molecular weight excluding hydrogens is 392 g/mol. The predicted molar refractivity (Wildman–Crippen MR) is 110 cm³/mol. The van der Waals surface area contributed by atoms with Gasteiger partial charge in [0, 0.05) is 19.2 Å². The molecule has 0 radical (unpaired) electrons. The molecule has 0 fully saturated rings. The van der Waals surface area contributed by atoms with Crippen LogP contribution in [0.3, 0.4) is 0 Å². The highest BCUT2D eigenvalue weighted by Crippen LogP contribution is 2.06. The summed E-state index contributed by atoms with van der Waals surface area (Å²) >= 11 is 0. The lowest BCUT2D eigenvalue weighted by molar-refractivity contribution is -0.142. The molecule has 30 heavy (non-hydrogen) atoms. The zero-order valence-corrected chi connectivity index (χ0v) is 17.3. The van der Waals surface area contributed by atoms with Gasteiger partial charge in [-0.05, 0) is 25.2 Å². The number of H-pyrrole nitrogens is 1. The molecule has 0 aliphatic rings. The zero-order valence-electron chi connectivity index (χ0n) is 17.3. The molecule has 12 heteroatoms. The van der Waals surface area contributed by atoms with Crippen LogP contribution in [0.25, 0.3) is 0 Å². The van der Waals surface area contributed by atoms with E-state index in [1.54, 1.807) is 6.20 Å². The normalized spacial score (nSPS) is 13.9. The average molecular weight is 425 g/mol. The van der Waals surface area contributed by atoms with Gasteiger partial charge in [0.15, 0.2) is 5.96 Å². The molecule has 168 valence electrons. The monoisotopic (exact) mass is 424 g/mol. The van der Waals surface area contributed by atoms with Crippen LogP contribution in [0.5, 0.6) is 0 Å². The molecule has 0 unspecified atom stereocenters. The van der Waals surface area contributed by atoms with Gasteiger partial charge in [-0.15, -0.1) is 0 Å². The number of guanidine groups is 1. The highest BCUT2D eigenvalue weighted by Gasteiger charge is 2.28. The molecule has 0 aliphatic heterocycles. The Kier molecular flexibility index (Phi) is 10.3. The van der Waals surface area contributed by atoms with Crippen LogP contribution in [0.2, 0.25) is 0 Å². The maximum atomic E-state index is 12.8. The molecule has 0 spiro atoms. The van der Waals surface area contributed by atoms with Gasteiger partial charge in [0.05, 0.1) is 18.1 Å². The first-order valence-electron chi connectivity index (χ1n) is 9.74. The molecule has 0 aromatic carbocycles. The Bertz CT molecular complexity index is 707. The van der Waals surface area contributed by atoms with Crippen molar-refractivity contribution >= 4 is 23.7 Å². The lowest BCUT2D eigenvalue weighted by atomic mass is 10.0. The largest absolute Gasteiger partial charge is 0.480 e. The summed E-state index contributed by atoms with van der Waals surface area (Å²) < 4.78 is 0. The van der Waals surface area contributed by atoms with E-state index in [9.17, 15) is 19.5 Å². The number of amides is 2. The fourth-order valence-corrected chi connectivity index (χ4v) is 2.77. The van der Waals surface area contributed by atoms with Gasteiger partial charge in [-0.3, -0.25) is 15.0 Å². The lowest BCUT2D eigenvalue weighted by Crippen LogP contribution is -2.55. The van der Waals surface area contributed by atoms with Crippen molar-refractivity contribution in [3.05, 3.63) is 18.2 Å². The number of aromatic nitrogens is 2. The summed E-state index contributed by atoms with van der Waals surface area (Å²) in [6.07, 6.45) is 4.04. The Labute approximate surface area is 175 Å². The minimum atomic E-state index is -1.20. The third-order valence-electron chi connectivity index (χ3n) is 4.26. The number of nitrogens with two attached hydrogens (primary N) is 2. The summed E-state index contributed by atoms with van der Waals surface area (Å²) in [4.78, 5) is 43.5. The van der Waals surface area contributed by atoms with Crippen molar-refractivity contribution in [3.8, 4) is 0 Å². The second-order valence-corrected chi connectivity index (χ2v) is 7.44. The van der Waals surface area contributed by atoms with E-state index in [-0.39, 0.29) is 24.7 Å². The Hall–Kier alpha value is -3.15. The number of aliphatic carboxylic acids is 1. The quantitative estimate of drug-likeness (QED) is 0.107. The summed E-state index contributed by atoms with van der Waals surface area (Å²) in [5.41, 5.74) is 11.6. The molecule has 2 amide bonds. The number of nitrogens with one attached hydrogen (secondary N) is 5. The van der Waals surface area contributed by atoms with Crippen LogP contribution in [0.4, 0.5) is 0 Å². The Morgan fingerprint density at radius 3 is 2.43 bits per heavy atom. The number of hydrogen-bond acceptors (Lipinski definition) is 6. The lowest BCUT2D eigenvalue weighted by Gasteiger charge is -2.23. The van der Waals surface area contributed by atoms with Crippen molar-refractivity contribution in [3.63, 3.8) is 0 Å². The van der Waals surface area contributed by atoms with Crippen LogP contribution in [-0.4, -0.2) is 63.5 Å². The van der Waals surface area contributed by atoms with Crippen LogP contribution in [0, 0.1) is 11.3 Å². The van der Waals surface area contributed by atoms with E-state index in [0.29, 0.717) is 25.1 Å². The number of aromatic amines is 1. The third kappa shape index (κ3) is 9.37. The predicted octanol–water partition coefficient (Wildman–Crippen LogP) is -1.36. The standard InChI is InChI=1S/C18H32N8O4/c1-10(2)6-12(19)15(27)26-14(7-11-8-22-9-24-11)16(28)25-13(17(29)30)4-3-5-23-18(20)21/h8-10,12-14H,3-7,19H2,1-2H3,(H,22,24)(H,25,28)(H,26,27)(H,29,30)(H4,20,21,23)/t12-,13-,14-/m0/s1. The molecule has 1 aromatic heterocycles. The van der Waals surface area contributed by atoms with E-state index < -0.39 is 35.9 Å². The van der Waals surface area contributed by atoms with Gasteiger partial charge in [-0.2, -0.15) is 0 Å². The van der Waals surface area contributed by atoms with E-state index in [2.05, 4.69) is 25.9 Å². The number of carboxylic acid groups (broad SMARTS) is 1. The second-order valence-electron chi connectivity index (χ2n) is 7.44. The van der Waals surface area contributed by atoms with Gasteiger partial charge in [0.2, 0.25) is 11.8 Å². The average Bonchev–Trinajstić information content (AvgIpc) is 3.15. The molecule has 12 nitrogen and oxygen atoms in total. The molecule has 1 heterocycles. The first-order chi connectivity index (χ1) is 14.1. The summed E-state index contributed by atoms with van der Waals surface area (Å²) in [5.74, 6) is -2.35. The molecule has 0 aliphatic carbocycles. The molecule has 10 N–H and O–H groups in total. The maximum absolute atomic E-state index is 12.8. The molecule has 1 aromatic rings. The fraction of sp³-hybridized carbons (Fsp3) is 0.611. The maximum Gasteiger partial charge on any atom is 0.326 e. The third-order valence-corrected chi connectivity index (χ3v) is 4.26. The fourth-order valence-electron chi connectivity index (χ4n) is 2.77. The van der Waals surface area contributed by atoms with E-state index in [1.807, 2.05) is 13.8 Å². The number of rotatable bonds is 13. The van der Waals surface area contributed by atoms with Crippen molar-refractivity contribution in [1.29, 1.82) is 5.41 Å². The smallest absolute Gasteiger partial charge is 0.326 e. The van der Waals surface area contributed by atoms with Crippen molar-refractivity contribution < 1.29 is 19.5 Å². The first kappa shape index (κ1) is 24.9. The van der Waals surface area contributed by atoms with Gasteiger partial charge >= 0.3 is 5.97 Å². The number of carbonyl (C=O) groups excluding carboxylic acids is 2. The number of imidazole rings is 1. The van der Waals surface area contributed by atoms with Crippen molar-refractivity contribution in [2.24, 2.45) is 17.4 Å².